The van der Waals surface area contributed by atoms with Crippen molar-refractivity contribution in [3.05, 3.63) is 12.3 Å². The second kappa shape index (κ2) is 6.92. The molecule has 1 saturated carbocycles. The van der Waals surface area contributed by atoms with E-state index in [1.54, 1.807) is 7.11 Å². The molecular formula is C10H19NO2. The lowest BCUT2D eigenvalue weighted by Gasteiger charge is -2.00. The van der Waals surface area contributed by atoms with Crippen molar-refractivity contribution in [3.63, 3.8) is 0 Å². The van der Waals surface area contributed by atoms with Gasteiger partial charge in [-0.05, 0) is 31.5 Å². The summed E-state index contributed by atoms with van der Waals surface area (Å²) in [6, 6.07) is 0.741. The third-order valence-corrected chi connectivity index (χ3v) is 1.88. The fourth-order valence-electron chi connectivity index (χ4n) is 0.959. The molecule has 1 aliphatic carbocycles. The first kappa shape index (κ1) is 10.5. The van der Waals surface area contributed by atoms with Gasteiger partial charge in [0.2, 0.25) is 0 Å². The van der Waals surface area contributed by atoms with E-state index in [4.69, 9.17) is 9.47 Å². The fraction of sp³-hybridized carbons (Fsp3) is 0.800. The van der Waals surface area contributed by atoms with Crippen LogP contribution in [-0.4, -0.2) is 33.0 Å². The number of rotatable bonds is 8. The van der Waals surface area contributed by atoms with Crippen molar-refractivity contribution in [1.29, 1.82) is 0 Å². The first-order valence-electron chi connectivity index (χ1n) is 4.91. The Morgan fingerprint density at radius 3 is 2.92 bits per heavy atom. The van der Waals surface area contributed by atoms with E-state index in [1.807, 2.05) is 12.3 Å². The van der Waals surface area contributed by atoms with Gasteiger partial charge in [0, 0.05) is 26.4 Å². The Balaban J connectivity index is 1.74. The van der Waals surface area contributed by atoms with Gasteiger partial charge >= 0.3 is 0 Å². The number of methoxy groups -OCH3 is 1. The van der Waals surface area contributed by atoms with E-state index in [2.05, 4.69) is 5.32 Å². The zero-order valence-corrected chi connectivity index (χ0v) is 8.29. The molecule has 1 N–H and O–H groups in total. The molecule has 0 radical (unpaired) electrons. The van der Waals surface area contributed by atoms with Gasteiger partial charge in [-0.3, -0.25) is 0 Å². The highest BCUT2D eigenvalue weighted by molar-refractivity contribution is 4.89. The molecule has 1 aliphatic rings. The molecule has 13 heavy (non-hydrogen) atoms. The molecule has 0 aliphatic heterocycles. The van der Waals surface area contributed by atoms with Crippen molar-refractivity contribution >= 4 is 0 Å². The second-order valence-corrected chi connectivity index (χ2v) is 3.26. The molecule has 0 aromatic heterocycles. The van der Waals surface area contributed by atoms with Gasteiger partial charge in [0.1, 0.15) is 0 Å². The minimum atomic E-state index is 0.698. The summed E-state index contributed by atoms with van der Waals surface area (Å²) in [6.45, 7) is 2.26. The van der Waals surface area contributed by atoms with Crippen LogP contribution in [0.4, 0.5) is 0 Å². The molecule has 76 valence electrons. The van der Waals surface area contributed by atoms with Crippen LogP contribution in [0.3, 0.4) is 0 Å². The van der Waals surface area contributed by atoms with E-state index in [-0.39, 0.29) is 0 Å². The van der Waals surface area contributed by atoms with Gasteiger partial charge in [-0.15, -0.1) is 0 Å². The summed E-state index contributed by atoms with van der Waals surface area (Å²) < 4.78 is 10.2. The molecule has 0 unspecified atom stereocenters. The van der Waals surface area contributed by atoms with E-state index in [1.165, 1.54) is 12.8 Å². The van der Waals surface area contributed by atoms with Crippen molar-refractivity contribution in [2.24, 2.45) is 0 Å². The van der Waals surface area contributed by atoms with Crippen LogP contribution in [-0.2, 0) is 9.47 Å². The van der Waals surface area contributed by atoms with Gasteiger partial charge in [0.05, 0.1) is 6.61 Å². The Bertz CT molecular complexity index is 144. The first-order chi connectivity index (χ1) is 6.43. The molecule has 0 atom stereocenters. The Morgan fingerprint density at radius 2 is 2.23 bits per heavy atom. The Kier molecular flexibility index (Phi) is 5.61. The molecule has 0 heterocycles. The zero-order valence-electron chi connectivity index (χ0n) is 8.29. The summed E-state index contributed by atoms with van der Waals surface area (Å²) in [5, 5.41) is 3.27. The molecule has 3 heteroatoms. The van der Waals surface area contributed by atoms with E-state index < -0.39 is 0 Å². The molecule has 3 nitrogen and oxygen atoms in total. The minimum absolute atomic E-state index is 0.698. The molecule has 0 spiro atoms. The maximum atomic E-state index is 5.33. The molecule has 0 saturated heterocycles. The van der Waals surface area contributed by atoms with Crippen LogP contribution in [0.25, 0.3) is 0 Å². The number of ether oxygens (including phenoxy) is 2. The number of nitrogens with one attached hydrogen (secondary N) is 1. The van der Waals surface area contributed by atoms with Gasteiger partial charge in [0.25, 0.3) is 0 Å². The summed E-state index contributed by atoms with van der Waals surface area (Å²) in [5.41, 5.74) is 0. The SMILES string of the molecule is COCCCOC/C=C/NC1CC1. The first-order valence-corrected chi connectivity index (χ1v) is 4.91. The van der Waals surface area contributed by atoms with Crippen LogP contribution in [0.5, 0.6) is 0 Å². The highest BCUT2D eigenvalue weighted by Gasteiger charge is 2.18. The van der Waals surface area contributed by atoms with Crippen LogP contribution in [0.2, 0.25) is 0 Å². The monoisotopic (exact) mass is 185 g/mol. The molecule has 0 aromatic rings. The topological polar surface area (TPSA) is 30.5 Å². The van der Waals surface area contributed by atoms with Crippen molar-refractivity contribution < 1.29 is 9.47 Å². The van der Waals surface area contributed by atoms with Crippen LogP contribution in [0.1, 0.15) is 19.3 Å². The number of hydrogen-bond acceptors (Lipinski definition) is 3. The molecule has 1 fully saturated rings. The minimum Gasteiger partial charge on any atom is -0.388 e. The van der Waals surface area contributed by atoms with Gasteiger partial charge in [-0.1, -0.05) is 0 Å². The Labute approximate surface area is 80.1 Å². The Morgan fingerprint density at radius 1 is 1.38 bits per heavy atom. The van der Waals surface area contributed by atoms with E-state index in [0.29, 0.717) is 6.61 Å². The van der Waals surface area contributed by atoms with E-state index in [9.17, 15) is 0 Å². The van der Waals surface area contributed by atoms with Crippen LogP contribution in [0, 0.1) is 0 Å². The third-order valence-electron chi connectivity index (χ3n) is 1.88. The molecule has 0 bridgehead atoms. The zero-order chi connectivity index (χ0) is 9.36. The largest absolute Gasteiger partial charge is 0.388 e. The van der Waals surface area contributed by atoms with E-state index >= 15 is 0 Å². The highest BCUT2D eigenvalue weighted by Crippen LogP contribution is 2.18. The van der Waals surface area contributed by atoms with E-state index in [0.717, 1.165) is 25.7 Å². The molecule has 0 amide bonds. The highest BCUT2D eigenvalue weighted by atomic mass is 16.5. The lowest BCUT2D eigenvalue weighted by molar-refractivity contribution is 0.120. The van der Waals surface area contributed by atoms with Crippen molar-refractivity contribution in [2.45, 2.75) is 25.3 Å². The summed E-state index contributed by atoms with van der Waals surface area (Å²) in [6.07, 6.45) is 7.62. The quantitative estimate of drug-likeness (QED) is 0.578. The average molecular weight is 185 g/mol. The van der Waals surface area contributed by atoms with Gasteiger partial charge in [0.15, 0.2) is 0 Å². The Hall–Kier alpha value is -0.540. The molecule has 1 rings (SSSR count). The van der Waals surface area contributed by atoms with Crippen LogP contribution in [0.15, 0.2) is 12.3 Å². The lowest BCUT2D eigenvalue weighted by Crippen LogP contribution is -2.07. The standard InChI is InChI=1S/C10H19NO2/c1-12-7-3-9-13-8-2-6-11-10-4-5-10/h2,6,10-11H,3-5,7-9H2,1H3/b6-2+. The van der Waals surface area contributed by atoms with Gasteiger partial charge in [-0.25, -0.2) is 0 Å². The molecule has 0 aromatic carbocycles. The average Bonchev–Trinajstić information content (AvgIpc) is 2.93. The van der Waals surface area contributed by atoms with Crippen LogP contribution < -0.4 is 5.32 Å². The second-order valence-electron chi connectivity index (χ2n) is 3.26. The maximum Gasteiger partial charge on any atom is 0.0664 e. The lowest BCUT2D eigenvalue weighted by atomic mass is 10.5. The predicted molar refractivity (Wildman–Crippen MR) is 52.6 cm³/mol. The van der Waals surface area contributed by atoms with Crippen molar-refractivity contribution in [3.8, 4) is 0 Å². The van der Waals surface area contributed by atoms with Crippen molar-refractivity contribution in [2.75, 3.05) is 26.9 Å². The predicted octanol–water partition coefficient (Wildman–Crippen LogP) is 1.31. The van der Waals surface area contributed by atoms with Gasteiger partial charge in [-0.2, -0.15) is 0 Å². The number of hydrogen-bond donors (Lipinski definition) is 1. The summed E-state index contributed by atoms with van der Waals surface area (Å²) >= 11 is 0. The third kappa shape index (κ3) is 6.61. The maximum absolute atomic E-state index is 5.33. The fourth-order valence-corrected chi connectivity index (χ4v) is 0.959. The summed E-state index contributed by atoms with van der Waals surface area (Å²) in [7, 11) is 1.71. The van der Waals surface area contributed by atoms with Crippen LogP contribution >= 0.6 is 0 Å². The van der Waals surface area contributed by atoms with Gasteiger partial charge < -0.3 is 14.8 Å². The summed E-state index contributed by atoms with van der Waals surface area (Å²) in [5.74, 6) is 0. The smallest absolute Gasteiger partial charge is 0.0664 e. The normalized spacial score (nSPS) is 16.7. The van der Waals surface area contributed by atoms with Crippen molar-refractivity contribution in [1.82, 2.24) is 5.32 Å². The molecular weight excluding hydrogens is 166 g/mol. The summed E-state index contributed by atoms with van der Waals surface area (Å²) in [4.78, 5) is 0.